The maximum Gasteiger partial charge on any atom is 0.155 e. The fraction of sp³-hybridized carbons (Fsp3) is 0.571. The molecular formula is C14H21BrN4O2. The van der Waals surface area contributed by atoms with Gasteiger partial charge in [-0.2, -0.15) is 0 Å². The number of nitrogens with zero attached hydrogens (tertiary/aromatic N) is 3. The lowest BCUT2D eigenvalue weighted by Crippen LogP contribution is -2.16. The SMILES string of the molecule is COCCOCCCCNCc1cnc2cnc(Br)cn12. The number of fused-ring (bicyclic) bond motifs is 1. The Morgan fingerprint density at radius 2 is 2.10 bits per heavy atom. The van der Waals surface area contributed by atoms with Gasteiger partial charge in [-0.15, -0.1) is 0 Å². The van der Waals surface area contributed by atoms with E-state index in [0.29, 0.717) is 13.2 Å². The maximum atomic E-state index is 5.42. The summed E-state index contributed by atoms with van der Waals surface area (Å²) >= 11 is 3.38. The van der Waals surface area contributed by atoms with E-state index in [1.54, 1.807) is 13.3 Å². The van der Waals surface area contributed by atoms with Crippen molar-refractivity contribution in [3.8, 4) is 0 Å². The van der Waals surface area contributed by atoms with E-state index in [1.165, 1.54) is 0 Å². The van der Waals surface area contributed by atoms with Gasteiger partial charge in [0.05, 0.1) is 31.3 Å². The molecule has 0 fully saturated rings. The summed E-state index contributed by atoms with van der Waals surface area (Å²) in [6.07, 6.45) is 7.71. The molecule has 0 atom stereocenters. The highest BCUT2D eigenvalue weighted by Crippen LogP contribution is 2.10. The van der Waals surface area contributed by atoms with Crippen molar-refractivity contribution in [2.45, 2.75) is 19.4 Å². The van der Waals surface area contributed by atoms with Crippen molar-refractivity contribution in [1.29, 1.82) is 0 Å². The summed E-state index contributed by atoms with van der Waals surface area (Å²) in [6, 6.07) is 0. The molecule has 0 saturated heterocycles. The van der Waals surface area contributed by atoms with Crippen LogP contribution in [0, 0.1) is 0 Å². The quantitative estimate of drug-likeness (QED) is 0.660. The number of nitrogens with one attached hydrogen (secondary N) is 1. The molecule has 0 aliphatic carbocycles. The average Bonchev–Trinajstić information content (AvgIpc) is 2.88. The molecule has 2 aromatic rings. The van der Waals surface area contributed by atoms with Gasteiger partial charge in [0.25, 0.3) is 0 Å². The number of halogens is 1. The van der Waals surface area contributed by atoms with Crippen molar-refractivity contribution in [3.63, 3.8) is 0 Å². The Labute approximate surface area is 133 Å². The zero-order chi connectivity index (χ0) is 14.9. The number of methoxy groups -OCH3 is 1. The summed E-state index contributed by atoms with van der Waals surface area (Å²) < 4.78 is 13.2. The van der Waals surface area contributed by atoms with Gasteiger partial charge >= 0.3 is 0 Å². The molecule has 0 amide bonds. The second-order valence-electron chi connectivity index (χ2n) is 4.68. The first-order chi connectivity index (χ1) is 10.3. The Kier molecular flexibility index (Phi) is 7.08. The van der Waals surface area contributed by atoms with E-state index >= 15 is 0 Å². The summed E-state index contributed by atoms with van der Waals surface area (Å²) in [6.45, 7) is 3.89. The van der Waals surface area contributed by atoms with Gasteiger partial charge in [-0.1, -0.05) is 0 Å². The van der Waals surface area contributed by atoms with Gasteiger partial charge in [-0.05, 0) is 35.3 Å². The molecule has 2 rings (SSSR count). The van der Waals surface area contributed by atoms with Crippen LogP contribution in [0.25, 0.3) is 5.65 Å². The molecule has 0 aliphatic rings. The maximum absolute atomic E-state index is 5.42. The van der Waals surface area contributed by atoms with Gasteiger partial charge in [-0.3, -0.25) is 4.40 Å². The first-order valence-corrected chi connectivity index (χ1v) is 7.85. The lowest BCUT2D eigenvalue weighted by Gasteiger charge is -2.06. The molecule has 21 heavy (non-hydrogen) atoms. The van der Waals surface area contributed by atoms with Crippen molar-refractivity contribution in [3.05, 3.63) is 28.9 Å². The van der Waals surface area contributed by atoms with Crippen LogP contribution in [-0.4, -0.2) is 47.8 Å². The van der Waals surface area contributed by atoms with E-state index in [-0.39, 0.29) is 0 Å². The van der Waals surface area contributed by atoms with Gasteiger partial charge < -0.3 is 14.8 Å². The highest BCUT2D eigenvalue weighted by molar-refractivity contribution is 9.10. The third-order valence-corrected chi connectivity index (χ3v) is 3.48. The van der Waals surface area contributed by atoms with E-state index in [9.17, 15) is 0 Å². The minimum atomic E-state index is 0.664. The molecule has 0 aliphatic heterocycles. The van der Waals surface area contributed by atoms with Crippen LogP contribution in [0.2, 0.25) is 0 Å². The third kappa shape index (κ3) is 5.35. The molecule has 0 saturated carbocycles. The van der Waals surface area contributed by atoms with Crippen molar-refractivity contribution in [2.24, 2.45) is 0 Å². The fourth-order valence-corrected chi connectivity index (χ4v) is 2.27. The molecule has 0 aromatic carbocycles. The van der Waals surface area contributed by atoms with E-state index in [0.717, 1.165) is 48.5 Å². The van der Waals surface area contributed by atoms with Gasteiger partial charge in [-0.25, -0.2) is 9.97 Å². The molecule has 0 spiro atoms. The first kappa shape index (κ1) is 16.4. The lowest BCUT2D eigenvalue weighted by molar-refractivity contribution is 0.0688. The summed E-state index contributed by atoms with van der Waals surface area (Å²) in [5.74, 6) is 0. The summed E-state index contributed by atoms with van der Waals surface area (Å²) in [7, 11) is 1.68. The van der Waals surface area contributed by atoms with E-state index < -0.39 is 0 Å². The van der Waals surface area contributed by atoms with Crippen molar-refractivity contribution in [2.75, 3.05) is 33.5 Å². The zero-order valence-electron chi connectivity index (χ0n) is 12.2. The Hall–Kier alpha value is -1.02. The molecule has 2 aromatic heterocycles. The van der Waals surface area contributed by atoms with Gasteiger partial charge in [0.1, 0.15) is 4.60 Å². The van der Waals surface area contributed by atoms with Crippen LogP contribution in [0.5, 0.6) is 0 Å². The highest BCUT2D eigenvalue weighted by atomic mass is 79.9. The van der Waals surface area contributed by atoms with Crippen LogP contribution in [0.15, 0.2) is 23.2 Å². The Bertz CT molecular complexity index is 547. The van der Waals surface area contributed by atoms with Crippen molar-refractivity contribution in [1.82, 2.24) is 19.7 Å². The molecule has 2 heterocycles. The molecule has 1 N–H and O–H groups in total. The van der Waals surface area contributed by atoms with Crippen LogP contribution in [0.3, 0.4) is 0 Å². The first-order valence-electron chi connectivity index (χ1n) is 7.06. The third-order valence-electron chi connectivity index (χ3n) is 3.07. The highest BCUT2D eigenvalue weighted by Gasteiger charge is 2.03. The van der Waals surface area contributed by atoms with Gasteiger partial charge in [0, 0.05) is 26.5 Å². The second kappa shape index (κ2) is 9.09. The monoisotopic (exact) mass is 356 g/mol. The number of unbranched alkanes of at least 4 members (excludes halogenated alkanes) is 1. The summed E-state index contributed by atoms with van der Waals surface area (Å²) in [5, 5.41) is 3.42. The van der Waals surface area contributed by atoms with Crippen molar-refractivity contribution < 1.29 is 9.47 Å². The summed E-state index contributed by atoms with van der Waals surface area (Å²) in [5.41, 5.74) is 1.99. The smallest absolute Gasteiger partial charge is 0.155 e. The van der Waals surface area contributed by atoms with Crippen LogP contribution in [0.1, 0.15) is 18.5 Å². The second-order valence-corrected chi connectivity index (χ2v) is 5.49. The van der Waals surface area contributed by atoms with Crippen LogP contribution >= 0.6 is 15.9 Å². The minimum absolute atomic E-state index is 0.664. The number of hydrogen-bond donors (Lipinski definition) is 1. The van der Waals surface area contributed by atoms with E-state index in [1.807, 2.05) is 16.8 Å². The van der Waals surface area contributed by atoms with Crippen molar-refractivity contribution >= 4 is 21.6 Å². The van der Waals surface area contributed by atoms with E-state index in [2.05, 4.69) is 31.2 Å². The molecule has 0 unspecified atom stereocenters. The summed E-state index contributed by atoms with van der Waals surface area (Å²) in [4.78, 5) is 8.49. The van der Waals surface area contributed by atoms with E-state index in [4.69, 9.17) is 9.47 Å². The fourth-order valence-electron chi connectivity index (χ4n) is 1.96. The Morgan fingerprint density at radius 1 is 1.19 bits per heavy atom. The number of hydrogen-bond acceptors (Lipinski definition) is 5. The molecule has 0 radical (unpaired) electrons. The van der Waals surface area contributed by atoms with Gasteiger partial charge in [0.2, 0.25) is 0 Å². The number of imidazole rings is 1. The zero-order valence-corrected chi connectivity index (χ0v) is 13.8. The lowest BCUT2D eigenvalue weighted by atomic mass is 10.3. The van der Waals surface area contributed by atoms with Crippen LogP contribution in [0.4, 0.5) is 0 Å². The Balaban J connectivity index is 1.63. The molecule has 0 bridgehead atoms. The standard InChI is InChI=1S/C14H21BrN4O2/c1-20-6-7-21-5-3-2-4-16-8-12-9-18-14-10-17-13(15)11-19(12)14/h9-11,16H,2-8H2,1H3. The molecule has 116 valence electrons. The predicted octanol–water partition coefficient (Wildman–Crippen LogP) is 2.02. The van der Waals surface area contributed by atoms with Gasteiger partial charge in [0.15, 0.2) is 5.65 Å². The number of rotatable bonds is 10. The normalized spacial score (nSPS) is 11.3. The molecular weight excluding hydrogens is 336 g/mol. The molecule has 7 heteroatoms. The molecule has 6 nitrogen and oxygen atoms in total. The Morgan fingerprint density at radius 3 is 2.95 bits per heavy atom. The topological polar surface area (TPSA) is 60.7 Å². The van der Waals surface area contributed by atoms with Crippen LogP contribution in [-0.2, 0) is 16.0 Å². The average molecular weight is 357 g/mol. The van der Waals surface area contributed by atoms with Crippen LogP contribution < -0.4 is 5.32 Å². The largest absolute Gasteiger partial charge is 0.382 e. The minimum Gasteiger partial charge on any atom is -0.382 e. The number of ether oxygens (including phenoxy) is 2. The number of aromatic nitrogens is 3. The predicted molar refractivity (Wildman–Crippen MR) is 84.3 cm³/mol.